The van der Waals surface area contributed by atoms with Gasteiger partial charge in [-0.2, -0.15) is 0 Å². The first-order valence-electron chi connectivity index (χ1n) is 4.33. The van der Waals surface area contributed by atoms with E-state index in [4.69, 9.17) is 0 Å². The van der Waals surface area contributed by atoms with Crippen molar-refractivity contribution in [2.24, 2.45) is 0 Å². The van der Waals surface area contributed by atoms with Crippen LogP contribution >= 0.6 is 0 Å². The Morgan fingerprint density at radius 3 is 2.83 bits per heavy atom. The Bertz CT molecular complexity index is 243. The average Bonchev–Trinajstić information content (AvgIpc) is 2.01. The summed E-state index contributed by atoms with van der Waals surface area (Å²) < 4.78 is 0. The molecule has 0 amide bonds. The van der Waals surface area contributed by atoms with Crippen LogP contribution in [0.3, 0.4) is 0 Å². The molecule has 1 N–H and O–H groups in total. The molecule has 0 radical (unpaired) electrons. The van der Waals surface area contributed by atoms with Crippen molar-refractivity contribution in [3.8, 4) is 0 Å². The van der Waals surface area contributed by atoms with Crippen LogP contribution in [0.15, 0.2) is 18.3 Å². The van der Waals surface area contributed by atoms with E-state index in [2.05, 4.69) is 30.2 Å². The van der Waals surface area contributed by atoms with E-state index in [1.165, 1.54) is 5.56 Å². The number of rotatable bonds is 3. The number of nitrogens with one attached hydrogen (secondary N) is 1. The summed E-state index contributed by atoms with van der Waals surface area (Å²) in [4.78, 5) is 4.14. The fourth-order valence-corrected chi connectivity index (χ4v) is 1.04. The first kappa shape index (κ1) is 9.20. The maximum absolute atomic E-state index is 4.14. The molecular weight excluding hydrogens is 148 g/mol. The number of aryl methyl sites for hydroxylation is 1. The van der Waals surface area contributed by atoms with Gasteiger partial charge in [-0.3, -0.25) is 4.98 Å². The van der Waals surface area contributed by atoms with Crippen molar-refractivity contribution >= 4 is 0 Å². The fraction of sp³-hybridized carbons (Fsp3) is 0.500. The second kappa shape index (κ2) is 4.21. The number of pyridine rings is 1. The van der Waals surface area contributed by atoms with Gasteiger partial charge in [0.1, 0.15) is 0 Å². The van der Waals surface area contributed by atoms with E-state index in [1.807, 2.05) is 19.2 Å². The lowest BCUT2D eigenvalue weighted by Crippen LogP contribution is -2.21. The maximum atomic E-state index is 4.14. The van der Waals surface area contributed by atoms with Gasteiger partial charge in [-0.15, -0.1) is 0 Å². The first-order valence-corrected chi connectivity index (χ1v) is 4.33. The molecule has 1 rings (SSSR count). The Morgan fingerprint density at radius 1 is 1.50 bits per heavy atom. The molecule has 1 aromatic heterocycles. The van der Waals surface area contributed by atoms with E-state index < -0.39 is 0 Å². The van der Waals surface area contributed by atoms with Crippen LogP contribution in [0.4, 0.5) is 0 Å². The van der Waals surface area contributed by atoms with Crippen LogP contribution in [0.2, 0.25) is 0 Å². The number of nitrogens with zero attached hydrogens (tertiary/aromatic N) is 1. The van der Waals surface area contributed by atoms with Gasteiger partial charge in [0.25, 0.3) is 0 Å². The molecular formula is C10H16N2. The van der Waals surface area contributed by atoms with Crippen LogP contribution in [-0.4, -0.2) is 11.0 Å². The standard InChI is InChI=1S/C10H16N2/c1-8(2)12-7-10-4-5-11-9(3)6-10/h4-6,8,12H,7H2,1-3H3. The van der Waals surface area contributed by atoms with Gasteiger partial charge < -0.3 is 5.32 Å². The zero-order chi connectivity index (χ0) is 8.97. The highest BCUT2D eigenvalue weighted by atomic mass is 14.9. The molecule has 0 unspecified atom stereocenters. The minimum atomic E-state index is 0.540. The zero-order valence-corrected chi connectivity index (χ0v) is 7.96. The SMILES string of the molecule is Cc1cc(CNC(C)C)ccn1. The quantitative estimate of drug-likeness (QED) is 0.738. The molecule has 0 aliphatic rings. The number of hydrogen-bond donors (Lipinski definition) is 1. The molecule has 2 heteroatoms. The minimum Gasteiger partial charge on any atom is -0.310 e. The molecule has 0 spiro atoms. The van der Waals surface area contributed by atoms with Crippen molar-refractivity contribution in [3.05, 3.63) is 29.6 Å². The van der Waals surface area contributed by atoms with Gasteiger partial charge in [0.2, 0.25) is 0 Å². The van der Waals surface area contributed by atoms with Gasteiger partial charge in [-0.05, 0) is 24.6 Å². The van der Waals surface area contributed by atoms with E-state index in [0.717, 1.165) is 12.2 Å². The summed E-state index contributed by atoms with van der Waals surface area (Å²) >= 11 is 0. The monoisotopic (exact) mass is 164 g/mol. The molecule has 0 aromatic carbocycles. The Morgan fingerprint density at radius 2 is 2.25 bits per heavy atom. The van der Waals surface area contributed by atoms with E-state index >= 15 is 0 Å². The minimum absolute atomic E-state index is 0.540. The van der Waals surface area contributed by atoms with Gasteiger partial charge in [-0.1, -0.05) is 13.8 Å². The van der Waals surface area contributed by atoms with E-state index in [-0.39, 0.29) is 0 Å². The molecule has 0 saturated heterocycles. The van der Waals surface area contributed by atoms with Crippen molar-refractivity contribution in [2.75, 3.05) is 0 Å². The normalized spacial score (nSPS) is 10.7. The van der Waals surface area contributed by atoms with Crippen molar-refractivity contribution in [2.45, 2.75) is 33.4 Å². The summed E-state index contributed by atoms with van der Waals surface area (Å²) in [5, 5.41) is 3.36. The van der Waals surface area contributed by atoms with E-state index in [1.54, 1.807) is 0 Å². The molecule has 0 atom stereocenters. The Labute approximate surface area is 74.0 Å². The average molecular weight is 164 g/mol. The Hall–Kier alpha value is -0.890. The van der Waals surface area contributed by atoms with Crippen molar-refractivity contribution < 1.29 is 0 Å². The van der Waals surface area contributed by atoms with Gasteiger partial charge in [0.05, 0.1) is 0 Å². The number of hydrogen-bond acceptors (Lipinski definition) is 2. The maximum Gasteiger partial charge on any atom is 0.0375 e. The molecule has 1 aromatic rings. The van der Waals surface area contributed by atoms with Gasteiger partial charge >= 0.3 is 0 Å². The lowest BCUT2D eigenvalue weighted by molar-refractivity contribution is 0.588. The highest BCUT2D eigenvalue weighted by molar-refractivity contribution is 5.14. The van der Waals surface area contributed by atoms with Crippen LogP contribution in [-0.2, 0) is 6.54 Å². The van der Waals surface area contributed by atoms with Gasteiger partial charge in [-0.25, -0.2) is 0 Å². The lowest BCUT2D eigenvalue weighted by Gasteiger charge is -2.07. The molecule has 66 valence electrons. The highest BCUT2D eigenvalue weighted by Crippen LogP contribution is 2.00. The smallest absolute Gasteiger partial charge is 0.0375 e. The van der Waals surface area contributed by atoms with Gasteiger partial charge in [0, 0.05) is 24.5 Å². The van der Waals surface area contributed by atoms with Crippen LogP contribution < -0.4 is 5.32 Å². The first-order chi connectivity index (χ1) is 5.68. The third kappa shape index (κ3) is 3.01. The summed E-state index contributed by atoms with van der Waals surface area (Å²) in [6.45, 7) is 7.24. The predicted octanol–water partition coefficient (Wildman–Crippen LogP) is 1.89. The third-order valence-electron chi connectivity index (χ3n) is 1.68. The van der Waals surface area contributed by atoms with Crippen molar-refractivity contribution in [1.82, 2.24) is 10.3 Å². The lowest BCUT2D eigenvalue weighted by atomic mass is 10.2. The highest BCUT2D eigenvalue weighted by Gasteiger charge is 1.94. The Kier molecular flexibility index (Phi) is 3.23. The molecule has 2 nitrogen and oxygen atoms in total. The number of aromatic nitrogens is 1. The second-order valence-electron chi connectivity index (χ2n) is 3.34. The predicted molar refractivity (Wildman–Crippen MR) is 50.9 cm³/mol. The molecule has 0 fully saturated rings. The van der Waals surface area contributed by atoms with Crippen molar-refractivity contribution in [1.29, 1.82) is 0 Å². The Balaban J connectivity index is 2.52. The zero-order valence-electron chi connectivity index (χ0n) is 7.96. The molecule has 0 aliphatic carbocycles. The summed E-state index contributed by atoms with van der Waals surface area (Å²) in [5.41, 5.74) is 2.38. The third-order valence-corrected chi connectivity index (χ3v) is 1.68. The molecule has 0 saturated carbocycles. The van der Waals surface area contributed by atoms with Crippen LogP contribution in [0.5, 0.6) is 0 Å². The van der Waals surface area contributed by atoms with Gasteiger partial charge in [0.15, 0.2) is 0 Å². The summed E-state index contributed by atoms with van der Waals surface area (Å²) in [7, 11) is 0. The van der Waals surface area contributed by atoms with Crippen LogP contribution in [0.1, 0.15) is 25.1 Å². The van der Waals surface area contributed by atoms with Crippen LogP contribution in [0, 0.1) is 6.92 Å². The van der Waals surface area contributed by atoms with E-state index in [9.17, 15) is 0 Å². The van der Waals surface area contributed by atoms with Crippen molar-refractivity contribution in [3.63, 3.8) is 0 Å². The fourth-order valence-electron chi connectivity index (χ4n) is 1.04. The summed E-state index contributed by atoms with van der Waals surface area (Å²) in [5.74, 6) is 0. The topological polar surface area (TPSA) is 24.9 Å². The summed E-state index contributed by atoms with van der Waals surface area (Å²) in [6.07, 6.45) is 1.85. The second-order valence-corrected chi connectivity index (χ2v) is 3.34. The van der Waals surface area contributed by atoms with E-state index in [0.29, 0.717) is 6.04 Å². The summed E-state index contributed by atoms with van der Waals surface area (Å²) in [6, 6.07) is 4.69. The molecule has 0 aliphatic heterocycles. The molecule has 12 heavy (non-hydrogen) atoms. The van der Waals surface area contributed by atoms with Crippen LogP contribution in [0.25, 0.3) is 0 Å². The molecule has 1 heterocycles. The largest absolute Gasteiger partial charge is 0.310 e. The molecule has 0 bridgehead atoms.